The summed E-state index contributed by atoms with van der Waals surface area (Å²) in [5.41, 5.74) is 2.86. The molecular formula is C20H24N2O2. The Balaban J connectivity index is 1.61. The zero-order valence-electron chi connectivity index (χ0n) is 14.0. The van der Waals surface area contributed by atoms with Crippen molar-refractivity contribution in [2.24, 2.45) is 0 Å². The van der Waals surface area contributed by atoms with Crippen LogP contribution in [0.2, 0.25) is 0 Å². The van der Waals surface area contributed by atoms with Gasteiger partial charge in [0.05, 0.1) is 12.1 Å². The number of amides is 1. The van der Waals surface area contributed by atoms with E-state index in [4.69, 9.17) is 0 Å². The normalized spacial score (nSPS) is 16.7. The molecule has 0 saturated carbocycles. The molecular weight excluding hydrogens is 300 g/mol. The maximum atomic E-state index is 12.4. The Morgan fingerprint density at radius 2 is 1.71 bits per heavy atom. The van der Waals surface area contributed by atoms with E-state index in [1.165, 1.54) is 0 Å². The van der Waals surface area contributed by atoms with Crippen molar-refractivity contribution in [3.05, 3.63) is 65.7 Å². The number of benzene rings is 2. The second-order valence-corrected chi connectivity index (χ2v) is 6.37. The van der Waals surface area contributed by atoms with Crippen molar-refractivity contribution in [2.75, 3.05) is 18.0 Å². The standard InChI is InChI=1S/C20H24N2O2/c1-15(16-5-3-2-4-6-16)21-20(24)17-7-9-18(10-8-17)22-13-11-19(23)12-14-22/h2-10,15,19,23H,11-14H2,1H3,(H,21,24). The summed E-state index contributed by atoms with van der Waals surface area (Å²) in [7, 11) is 0. The van der Waals surface area contributed by atoms with Crippen LogP contribution >= 0.6 is 0 Å². The van der Waals surface area contributed by atoms with Crippen molar-refractivity contribution in [2.45, 2.75) is 31.9 Å². The van der Waals surface area contributed by atoms with Crippen LogP contribution in [0.15, 0.2) is 54.6 Å². The van der Waals surface area contributed by atoms with Crippen LogP contribution < -0.4 is 10.2 Å². The van der Waals surface area contributed by atoms with Crippen LogP contribution in [0.1, 0.15) is 41.7 Å². The van der Waals surface area contributed by atoms with Crippen LogP contribution in [0, 0.1) is 0 Å². The number of rotatable bonds is 4. The number of carbonyl (C=O) groups excluding carboxylic acids is 1. The van der Waals surface area contributed by atoms with Gasteiger partial charge in [0.25, 0.3) is 5.91 Å². The number of hydrogen-bond donors (Lipinski definition) is 2. The van der Waals surface area contributed by atoms with Gasteiger partial charge in [0, 0.05) is 24.3 Å². The summed E-state index contributed by atoms with van der Waals surface area (Å²) in [4.78, 5) is 14.7. The maximum absolute atomic E-state index is 12.4. The first kappa shape index (κ1) is 16.5. The zero-order valence-corrected chi connectivity index (χ0v) is 14.0. The lowest BCUT2D eigenvalue weighted by atomic mass is 10.1. The van der Waals surface area contributed by atoms with Gasteiger partial charge in [0.15, 0.2) is 0 Å². The highest BCUT2D eigenvalue weighted by Crippen LogP contribution is 2.21. The van der Waals surface area contributed by atoms with Gasteiger partial charge in [-0.2, -0.15) is 0 Å². The van der Waals surface area contributed by atoms with E-state index >= 15 is 0 Å². The van der Waals surface area contributed by atoms with E-state index in [-0.39, 0.29) is 18.1 Å². The van der Waals surface area contributed by atoms with Crippen molar-refractivity contribution in [1.29, 1.82) is 0 Å². The Hall–Kier alpha value is -2.33. The number of aliphatic hydroxyl groups excluding tert-OH is 1. The van der Waals surface area contributed by atoms with Crippen molar-refractivity contribution < 1.29 is 9.90 Å². The highest BCUT2D eigenvalue weighted by Gasteiger charge is 2.17. The lowest BCUT2D eigenvalue weighted by molar-refractivity contribution is 0.0940. The SMILES string of the molecule is CC(NC(=O)c1ccc(N2CCC(O)CC2)cc1)c1ccccc1. The first-order valence-electron chi connectivity index (χ1n) is 8.52. The Morgan fingerprint density at radius 3 is 2.33 bits per heavy atom. The van der Waals surface area contributed by atoms with Crippen molar-refractivity contribution in [1.82, 2.24) is 5.32 Å². The predicted molar refractivity (Wildman–Crippen MR) is 96.2 cm³/mol. The average molecular weight is 324 g/mol. The van der Waals surface area contributed by atoms with E-state index < -0.39 is 0 Å². The molecule has 0 aromatic heterocycles. The van der Waals surface area contributed by atoms with Crippen molar-refractivity contribution in [3.63, 3.8) is 0 Å². The predicted octanol–water partition coefficient (Wildman–Crippen LogP) is 3.14. The smallest absolute Gasteiger partial charge is 0.251 e. The minimum atomic E-state index is -0.175. The summed E-state index contributed by atoms with van der Waals surface area (Å²) < 4.78 is 0. The zero-order chi connectivity index (χ0) is 16.9. The largest absolute Gasteiger partial charge is 0.393 e. The molecule has 24 heavy (non-hydrogen) atoms. The van der Waals surface area contributed by atoms with Gasteiger partial charge in [0.2, 0.25) is 0 Å². The molecule has 1 heterocycles. The second kappa shape index (κ2) is 7.49. The molecule has 1 aliphatic heterocycles. The lowest BCUT2D eigenvalue weighted by Gasteiger charge is -2.31. The molecule has 0 bridgehead atoms. The molecule has 1 amide bonds. The molecule has 3 rings (SSSR count). The van der Waals surface area contributed by atoms with Crippen molar-refractivity contribution in [3.8, 4) is 0 Å². The number of carbonyl (C=O) groups is 1. The third-order valence-electron chi connectivity index (χ3n) is 4.61. The van der Waals surface area contributed by atoms with Gasteiger partial charge >= 0.3 is 0 Å². The van der Waals surface area contributed by atoms with Gasteiger partial charge in [-0.25, -0.2) is 0 Å². The quantitative estimate of drug-likeness (QED) is 0.908. The van der Waals surface area contributed by atoms with E-state index in [0.717, 1.165) is 37.2 Å². The summed E-state index contributed by atoms with van der Waals surface area (Å²) in [6, 6.07) is 17.6. The second-order valence-electron chi connectivity index (χ2n) is 6.37. The van der Waals surface area contributed by atoms with Crippen LogP contribution in [-0.4, -0.2) is 30.2 Å². The van der Waals surface area contributed by atoms with E-state index in [9.17, 15) is 9.90 Å². The van der Waals surface area contributed by atoms with E-state index in [2.05, 4.69) is 10.2 Å². The molecule has 1 saturated heterocycles. The molecule has 0 radical (unpaired) electrons. The highest BCUT2D eigenvalue weighted by molar-refractivity contribution is 5.94. The molecule has 0 aliphatic carbocycles. The van der Waals surface area contributed by atoms with Crippen LogP contribution in [0.3, 0.4) is 0 Å². The minimum absolute atomic E-state index is 0.0260. The Labute approximate surface area is 143 Å². The maximum Gasteiger partial charge on any atom is 0.251 e. The molecule has 126 valence electrons. The molecule has 2 aromatic carbocycles. The van der Waals surface area contributed by atoms with E-state index in [0.29, 0.717) is 5.56 Å². The Bertz CT molecular complexity index is 662. The summed E-state index contributed by atoms with van der Waals surface area (Å²) >= 11 is 0. The molecule has 2 aromatic rings. The molecule has 4 heteroatoms. The summed E-state index contributed by atoms with van der Waals surface area (Å²) in [6.07, 6.45) is 1.43. The molecule has 1 unspecified atom stereocenters. The molecule has 4 nitrogen and oxygen atoms in total. The third-order valence-corrected chi connectivity index (χ3v) is 4.61. The summed E-state index contributed by atoms with van der Waals surface area (Å²) in [5, 5.41) is 12.6. The monoisotopic (exact) mass is 324 g/mol. The number of anilines is 1. The fourth-order valence-corrected chi connectivity index (χ4v) is 3.05. The summed E-state index contributed by atoms with van der Waals surface area (Å²) in [6.45, 7) is 3.70. The first-order valence-corrected chi connectivity index (χ1v) is 8.52. The number of piperidine rings is 1. The fourth-order valence-electron chi connectivity index (χ4n) is 3.05. The summed E-state index contributed by atoms with van der Waals surface area (Å²) in [5.74, 6) is -0.0630. The van der Waals surface area contributed by atoms with Gasteiger partial charge in [-0.3, -0.25) is 4.79 Å². The fraction of sp³-hybridized carbons (Fsp3) is 0.350. The van der Waals surface area contributed by atoms with Gasteiger partial charge in [-0.1, -0.05) is 30.3 Å². The average Bonchev–Trinajstić information content (AvgIpc) is 2.63. The van der Waals surface area contributed by atoms with Gasteiger partial charge < -0.3 is 15.3 Å². The first-order chi connectivity index (χ1) is 11.6. The molecule has 1 atom stereocenters. The molecule has 0 spiro atoms. The number of aliphatic hydroxyl groups is 1. The molecule has 2 N–H and O–H groups in total. The molecule has 1 aliphatic rings. The Kier molecular flexibility index (Phi) is 5.16. The van der Waals surface area contributed by atoms with Gasteiger partial charge in [-0.05, 0) is 49.6 Å². The van der Waals surface area contributed by atoms with Gasteiger partial charge in [0.1, 0.15) is 0 Å². The van der Waals surface area contributed by atoms with Gasteiger partial charge in [-0.15, -0.1) is 0 Å². The van der Waals surface area contributed by atoms with Crippen LogP contribution in [0.25, 0.3) is 0 Å². The van der Waals surface area contributed by atoms with Crippen LogP contribution in [0.4, 0.5) is 5.69 Å². The number of nitrogens with zero attached hydrogens (tertiary/aromatic N) is 1. The number of hydrogen-bond acceptors (Lipinski definition) is 3. The number of nitrogens with one attached hydrogen (secondary N) is 1. The van der Waals surface area contributed by atoms with E-state index in [1.54, 1.807) is 0 Å². The third kappa shape index (κ3) is 3.95. The van der Waals surface area contributed by atoms with Crippen LogP contribution in [0.5, 0.6) is 0 Å². The highest BCUT2D eigenvalue weighted by atomic mass is 16.3. The Morgan fingerprint density at radius 1 is 1.08 bits per heavy atom. The van der Waals surface area contributed by atoms with Crippen molar-refractivity contribution >= 4 is 11.6 Å². The van der Waals surface area contributed by atoms with Crippen LogP contribution in [-0.2, 0) is 0 Å². The molecule has 1 fully saturated rings. The topological polar surface area (TPSA) is 52.6 Å². The minimum Gasteiger partial charge on any atom is -0.393 e. The lowest BCUT2D eigenvalue weighted by Crippen LogP contribution is -2.35. The van der Waals surface area contributed by atoms with E-state index in [1.807, 2.05) is 61.5 Å².